The van der Waals surface area contributed by atoms with Gasteiger partial charge in [0.1, 0.15) is 30.3 Å². The van der Waals surface area contributed by atoms with E-state index in [1.165, 1.54) is 40.5 Å². The second-order valence-electron chi connectivity index (χ2n) is 18.6. The Hall–Kier alpha value is -5.76. The number of hydrogen-bond donors (Lipinski definition) is 5. The summed E-state index contributed by atoms with van der Waals surface area (Å²) in [7, 11) is 1.31. The molecule has 4 heterocycles. The molecule has 4 atom stereocenters. The minimum absolute atomic E-state index is 0.0939. The number of hydrogen-bond acceptors (Lipinski definition) is 8. The van der Waals surface area contributed by atoms with Gasteiger partial charge in [0, 0.05) is 13.1 Å². The van der Waals surface area contributed by atoms with Crippen molar-refractivity contribution in [2.24, 2.45) is 11.8 Å². The first-order valence-electron chi connectivity index (χ1n) is 22.4. The summed E-state index contributed by atoms with van der Waals surface area (Å²) >= 11 is 0. The van der Waals surface area contributed by atoms with Gasteiger partial charge >= 0.3 is 6.09 Å². The number of aromatic amines is 2. The number of imidazole rings is 2. The van der Waals surface area contributed by atoms with E-state index in [9.17, 15) is 24.3 Å². The summed E-state index contributed by atoms with van der Waals surface area (Å²) in [6.45, 7) is 8.20. The van der Waals surface area contributed by atoms with Gasteiger partial charge in [-0.3, -0.25) is 14.4 Å². The lowest BCUT2D eigenvalue weighted by molar-refractivity contribution is -0.139. The Balaban J connectivity index is 0.861. The molecule has 0 radical (unpaired) electrons. The summed E-state index contributed by atoms with van der Waals surface area (Å²) in [6, 6.07) is 16.2. The maximum Gasteiger partial charge on any atom is 0.407 e. The highest BCUT2D eigenvalue weighted by Gasteiger charge is 2.39. The molecule has 0 bridgehead atoms. The van der Waals surface area contributed by atoms with Crippen LogP contribution < -0.4 is 10.6 Å². The van der Waals surface area contributed by atoms with E-state index in [-0.39, 0.29) is 35.7 Å². The van der Waals surface area contributed by atoms with Gasteiger partial charge in [0.2, 0.25) is 17.7 Å². The molecule has 2 aromatic heterocycles. The molecule has 5 N–H and O–H groups in total. The zero-order valence-electron chi connectivity index (χ0n) is 36.3. The van der Waals surface area contributed by atoms with Gasteiger partial charge in [0.05, 0.1) is 41.3 Å². The van der Waals surface area contributed by atoms with Crippen LogP contribution in [0.25, 0.3) is 22.1 Å². The average molecular weight is 843 g/mol. The molecular formula is C48H58N8O6. The van der Waals surface area contributed by atoms with Crippen molar-refractivity contribution in [1.82, 2.24) is 40.4 Å². The first-order valence-corrected chi connectivity index (χ1v) is 22.4. The van der Waals surface area contributed by atoms with Gasteiger partial charge in [-0.1, -0.05) is 52.0 Å². The van der Waals surface area contributed by atoms with Crippen LogP contribution in [0.1, 0.15) is 122 Å². The summed E-state index contributed by atoms with van der Waals surface area (Å²) in [4.78, 5) is 72.1. The smallest absolute Gasteiger partial charge is 0.407 e. The number of rotatable bonds is 11. The first-order chi connectivity index (χ1) is 29.9. The minimum atomic E-state index is -0.707. The van der Waals surface area contributed by atoms with Crippen LogP contribution in [0.5, 0.6) is 0 Å². The molecule has 2 aliphatic heterocycles. The minimum Gasteiger partial charge on any atom is -0.453 e. The van der Waals surface area contributed by atoms with E-state index in [1.54, 1.807) is 0 Å². The Morgan fingerprint density at radius 2 is 1.13 bits per heavy atom. The lowest BCUT2D eigenvalue weighted by Crippen LogP contribution is -2.51. The Bertz CT molecular complexity index is 2340. The third-order valence-electron chi connectivity index (χ3n) is 13.9. The summed E-state index contributed by atoms with van der Waals surface area (Å²) in [5.74, 6) is 1.27. The summed E-state index contributed by atoms with van der Waals surface area (Å²) in [5.41, 5.74) is 12.0. The van der Waals surface area contributed by atoms with Crippen molar-refractivity contribution in [2.45, 2.75) is 115 Å². The van der Waals surface area contributed by atoms with Crippen LogP contribution in [0.3, 0.4) is 0 Å². The quantitative estimate of drug-likeness (QED) is 0.107. The molecule has 0 spiro atoms. The normalized spacial score (nSPS) is 20.1. The Morgan fingerprint density at radius 3 is 1.53 bits per heavy atom. The van der Waals surface area contributed by atoms with Gasteiger partial charge in [-0.2, -0.15) is 0 Å². The second-order valence-corrected chi connectivity index (χ2v) is 18.6. The summed E-state index contributed by atoms with van der Waals surface area (Å²) in [5, 5.41) is 14.7. The number of H-pyrrole nitrogens is 2. The van der Waals surface area contributed by atoms with E-state index in [0.29, 0.717) is 24.9 Å². The molecule has 2 aliphatic carbocycles. The number of carbonyl (C=O) groups is 4. The van der Waals surface area contributed by atoms with E-state index >= 15 is 0 Å². The highest BCUT2D eigenvalue weighted by molar-refractivity contribution is 5.89. The number of likely N-dealkylation sites (tertiary alicyclic amines) is 2. The molecule has 326 valence electrons. The van der Waals surface area contributed by atoms with Gasteiger partial charge in [-0.25, -0.2) is 14.8 Å². The van der Waals surface area contributed by atoms with Crippen molar-refractivity contribution in [3.8, 4) is 0 Å². The molecule has 0 saturated carbocycles. The number of aliphatic hydroxyl groups is 1. The molecule has 14 nitrogen and oxygen atoms in total. The van der Waals surface area contributed by atoms with E-state index in [1.807, 2.05) is 37.5 Å². The molecule has 5 aromatic rings. The molecule has 62 heavy (non-hydrogen) atoms. The SMILES string of the molecule is COC(=O)N[C@@H](C(=O)N1CCCC1c1nc2ccc(C3Cc4cc5c(cc4C3)CC(c3ccc4nc(C6CCCN6C(=O)C(NC(=O)CO)C(C)C)[nH]c4c3)C5)cc2[nH]1)C(C)C. The fraction of sp³-hybridized carbons (Fsp3) is 0.500. The number of carbonyl (C=O) groups excluding carboxylic acids is 4. The fourth-order valence-electron chi connectivity index (χ4n) is 10.6. The highest BCUT2D eigenvalue weighted by atomic mass is 16.5. The molecule has 9 rings (SSSR count). The second kappa shape index (κ2) is 16.8. The molecule has 14 heteroatoms. The Kier molecular flexibility index (Phi) is 11.3. The zero-order valence-corrected chi connectivity index (χ0v) is 36.3. The van der Waals surface area contributed by atoms with Gasteiger partial charge in [-0.05, 0) is 133 Å². The van der Waals surface area contributed by atoms with Crippen LogP contribution in [0.15, 0.2) is 48.5 Å². The number of methoxy groups -OCH3 is 1. The molecule has 2 saturated heterocycles. The number of alkyl carbamates (subject to hydrolysis) is 1. The number of aliphatic hydroxyl groups excluding tert-OH is 1. The van der Waals surface area contributed by atoms with Gasteiger partial charge in [0.15, 0.2) is 0 Å². The maximum absolute atomic E-state index is 13.7. The molecule has 2 fully saturated rings. The van der Waals surface area contributed by atoms with Gasteiger partial charge in [0.25, 0.3) is 0 Å². The monoisotopic (exact) mass is 842 g/mol. The standard InChI is InChI=1S/C48H58N8O6/c1-25(2)42(53-41(58)24-57)46(59)55-14-6-8-39(55)44-49-35-12-10-27(22-37(35)51-44)29-16-31-20-33-18-30(19-34(33)21-32(31)17-29)28-11-13-36-38(23-28)52-45(50-36)40-9-7-15-56(40)47(60)43(26(3)4)54-48(61)62-5/h10-13,20-23,25-26,29-30,39-40,42-43,57H,6-9,14-19,24H2,1-5H3,(H,49,51)(H,50,52)(H,53,58)(H,54,61)/t29?,30?,39?,40?,42?,43-/m1/s1. The van der Waals surface area contributed by atoms with Crippen LogP contribution >= 0.6 is 0 Å². The predicted molar refractivity (Wildman–Crippen MR) is 234 cm³/mol. The van der Waals surface area contributed by atoms with Crippen molar-refractivity contribution in [3.05, 3.63) is 93.6 Å². The molecule has 3 unspecified atom stereocenters. The van der Waals surface area contributed by atoms with Crippen molar-refractivity contribution < 1.29 is 29.0 Å². The lowest BCUT2D eigenvalue weighted by atomic mass is 9.95. The summed E-state index contributed by atoms with van der Waals surface area (Å²) in [6.07, 6.45) is 6.67. The number of aromatic nitrogens is 4. The Morgan fingerprint density at radius 1 is 0.694 bits per heavy atom. The molecule has 4 amide bonds. The summed E-state index contributed by atoms with van der Waals surface area (Å²) < 4.78 is 4.80. The van der Waals surface area contributed by atoms with Crippen LogP contribution in [0.4, 0.5) is 4.79 Å². The number of amides is 4. The molecule has 3 aromatic carbocycles. The van der Waals surface area contributed by atoms with Crippen molar-refractivity contribution in [3.63, 3.8) is 0 Å². The van der Waals surface area contributed by atoms with Crippen LogP contribution in [-0.4, -0.2) is 97.5 Å². The fourth-order valence-corrected chi connectivity index (χ4v) is 10.6. The van der Waals surface area contributed by atoms with Crippen LogP contribution in [-0.2, 0) is 44.8 Å². The highest BCUT2D eigenvalue weighted by Crippen LogP contribution is 2.42. The van der Waals surface area contributed by atoms with Gasteiger partial charge < -0.3 is 40.2 Å². The third-order valence-corrected chi connectivity index (χ3v) is 13.9. The molecular weight excluding hydrogens is 785 g/mol. The van der Waals surface area contributed by atoms with Crippen molar-refractivity contribution in [2.75, 3.05) is 26.8 Å². The number of ether oxygens (including phenoxy) is 1. The van der Waals surface area contributed by atoms with E-state index in [2.05, 4.69) is 69.1 Å². The Labute approximate surface area is 361 Å². The number of nitrogens with one attached hydrogen (secondary N) is 4. The van der Waals surface area contributed by atoms with Crippen LogP contribution in [0, 0.1) is 11.8 Å². The number of benzene rings is 3. The van der Waals surface area contributed by atoms with Gasteiger partial charge in [-0.15, -0.1) is 0 Å². The lowest BCUT2D eigenvalue weighted by Gasteiger charge is -2.30. The number of nitrogens with zero attached hydrogens (tertiary/aromatic N) is 4. The average Bonchev–Trinajstić information content (AvgIpc) is 4.12. The van der Waals surface area contributed by atoms with E-state index < -0.39 is 30.7 Å². The van der Waals surface area contributed by atoms with Crippen LogP contribution in [0.2, 0.25) is 0 Å². The first kappa shape index (κ1) is 41.6. The zero-order chi connectivity index (χ0) is 43.4. The largest absolute Gasteiger partial charge is 0.453 e. The topological polar surface area (TPSA) is 186 Å². The van der Waals surface area contributed by atoms with Crippen molar-refractivity contribution >= 4 is 45.9 Å². The predicted octanol–water partition coefficient (Wildman–Crippen LogP) is 6.04. The molecule has 4 aliphatic rings. The number of fused-ring (bicyclic) bond motifs is 4. The third kappa shape index (κ3) is 7.82. The maximum atomic E-state index is 13.7. The van der Waals surface area contributed by atoms with Crippen molar-refractivity contribution in [1.29, 1.82) is 0 Å². The van der Waals surface area contributed by atoms with E-state index in [4.69, 9.17) is 14.7 Å². The van der Waals surface area contributed by atoms with E-state index in [0.717, 1.165) is 85.1 Å².